The van der Waals surface area contributed by atoms with E-state index in [0.717, 1.165) is 23.6 Å². The molecule has 2 N–H and O–H groups in total. The number of ether oxygens (including phenoxy) is 1. The second kappa shape index (κ2) is 4.57. The van der Waals surface area contributed by atoms with Crippen LogP contribution < -0.4 is 10.5 Å². The summed E-state index contributed by atoms with van der Waals surface area (Å²) in [5, 5.41) is 0.771. The van der Waals surface area contributed by atoms with Crippen molar-refractivity contribution in [3.8, 4) is 5.19 Å². The summed E-state index contributed by atoms with van der Waals surface area (Å²) in [5.41, 5.74) is 6.72. The van der Waals surface area contributed by atoms with E-state index in [1.807, 2.05) is 18.2 Å². The number of thiazole rings is 1. The standard InChI is InChI=1S/C11H12N2OS.ClH/c12-7-5-8(6-7)14-11-13-9-3-1-2-4-10(9)15-11;/h1-4,7-8H,5-6,12H2;1H. The number of halogens is 1. The van der Waals surface area contributed by atoms with Crippen molar-refractivity contribution in [3.63, 3.8) is 0 Å². The van der Waals surface area contributed by atoms with Gasteiger partial charge in [0.2, 0.25) is 0 Å². The van der Waals surface area contributed by atoms with Crippen molar-refractivity contribution < 1.29 is 4.74 Å². The predicted octanol–water partition coefficient (Wildman–Crippen LogP) is 2.59. The summed E-state index contributed by atoms with van der Waals surface area (Å²) in [6.45, 7) is 0. The third-order valence-corrected chi connectivity index (χ3v) is 3.60. The van der Waals surface area contributed by atoms with E-state index in [1.54, 1.807) is 11.3 Å². The zero-order valence-electron chi connectivity index (χ0n) is 8.63. The summed E-state index contributed by atoms with van der Waals surface area (Å²) < 4.78 is 6.91. The molecule has 5 heteroatoms. The molecule has 1 heterocycles. The Hall–Kier alpha value is -0.840. The molecule has 1 aromatic heterocycles. The Labute approximate surface area is 104 Å². The smallest absolute Gasteiger partial charge is 0.274 e. The van der Waals surface area contributed by atoms with E-state index >= 15 is 0 Å². The number of hydrogen-bond donors (Lipinski definition) is 1. The van der Waals surface area contributed by atoms with Crippen molar-refractivity contribution in [3.05, 3.63) is 24.3 Å². The first-order chi connectivity index (χ1) is 7.31. The quantitative estimate of drug-likeness (QED) is 0.899. The highest BCUT2D eigenvalue weighted by Gasteiger charge is 2.28. The zero-order chi connectivity index (χ0) is 10.3. The molecule has 0 spiro atoms. The molecule has 1 aliphatic rings. The second-order valence-electron chi connectivity index (χ2n) is 3.92. The molecule has 0 bridgehead atoms. The van der Waals surface area contributed by atoms with E-state index in [0.29, 0.717) is 6.04 Å². The summed E-state index contributed by atoms with van der Waals surface area (Å²) in [5.74, 6) is 0. The third-order valence-electron chi connectivity index (χ3n) is 2.67. The van der Waals surface area contributed by atoms with Crippen molar-refractivity contribution in [2.75, 3.05) is 0 Å². The molecule has 86 valence electrons. The number of aromatic nitrogens is 1. The van der Waals surface area contributed by atoms with Gasteiger partial charge in [0, 0.05) is 6.04 Å². The van der Waals surface area contributed by atoms with Crippen LogP contribution in [0.2, 0.25) is 0 Å². The zero-order valence-corrected chi connectivity index (χ0v) is 10.3. The lowest BCUT2D eigenvalue weighted by Crippen LogP contribution is -2.43. The Balaban J connectivity index is 0.000000963. The van der Waals surface area contributed by atoms with Gasteiger partial charge in [-0.2, -0.15) is 0 Å². The maximum absolute atomic E-state index is 5.73. The van der Waals surface area contributed by atoms with Crippen molar-refractivity contribution in [1.29, 1.82) is 0 Å². The first-order valence-corrected chi connectivity index (χ1v) is 5.91. The van der Waals surface area contributed by atoms with Crippen LogP contribution in [0.5, 0.6) is 5.19 Å². The Morgan fingerprint density at radius 2 is 2.06 bits per heavy atom. The average Bonchev–Trinajstić information content (AvgIpc) is 2.57. The van der Waals surface area contributed by atoms with E-state index in [4.69, 9.17) is 10.5 Å². The first kappa shape index (κ1) is 11.6. The van der Waals surface area contributed by atoms with E-state index in [1.165, 1.54) is 4.70 Å². The SMILES string of the molecule is Cl.NC1CC(Oc2nc3ccccc3s2)C1. The number of para-hydroxylation sites is 1. The number of benzene rings is 1. The molecule has 0 radical (unpaired) electrons. The van der Waals surface area contributed by atoms with Gasteiger partial charge in [-0.3, -0.25) is 0 Å². The van der Waals surface area contributed by atoms with Crippen molar-refractivity contribution in [1.82, 2.24) is 4.98 Å². The molecule has 1 saturated carbocycles. The number of hydrogen-bond acceptors (Lipinski definition) is 4. The Bertz CT molecular complexity index is 449. The summed E-state index contributed by atoms with van der Waals surface area (Å²) in [7, 11) is 0. The van der Waals surface area contributed by atoms with Gasteiger partial charge in [0.1, 0.15) is 6.10 Å². The number of nitrogens with two attached hydrogens (primary N) is 1. The van der Waals surface area contributed by atoms with Gasteiger partial charge in [0.15, 0.2) is 0 Å². The fourth-order valence-corrected chi connectivity index (χ4v) is 2.63. The fourth-order valence-electron chi connectivity index (χ4n) is 1.75. The van der Waals surface area contributed by atoms with Gasteiger partial charge in [-0.1, -0.05) is 23.5 Å². The van der Waals surface area contributed by atoms with E-state index in [-0.39, 0.29) is 18.5 Å². The topological polar surface area (TPSA) is 48.1 Å². The minimum Gasteiger partial charge on any atom is -0.467 e. The summed E-state index contributed by atoms with van der Waals surface area (Å²) in [4.78, 5) is 4.42. The number of nitrogens with zero attached hydrogens (tertiary/aromatic N) is 1. The highest BCUT2D eigenvalue weighted by molar-refractivity contribution is 7.20. The summed E-state index contributed by atoms with van der Waals surface area (Å²) in [6.07, 6.45) is 2.19. The van der Waals surface area contributed by atoms with Crippen molar-refractivity contribution >= 4 is 34.0 Å². The third kappa shape index (κ3) is 2.14. The maximum Gasteiger partial charge on any atom is 0.274 e. The maximum atomic E-state index is 5.73. The van der Waals surface area contributed by atoms with Gasteiger partial charge in [0.25, 0.3) is 5.19 Å². The van der Waals surface area contributed by atoms with E-state index < -0.39 is 0 Å². The van der Waals surface area contributed by atoms with Crippen LogP contribution in [-0.2, 0) is 0 Å². The molecule has 2 aromatic rings. The minimum atomic E-state index is 0. The Morgan fingerprint density at radius 3 is 2.75 bits per heavy atom. The molecular weight excluding hydrogens is 244 g/mol. The second-order valence-corrected chi connectivity index (χ2v) is 4.91. The molecule has 0 unspecified atom stereocenters. The van der Waals surface area contributed by atoms with Gasteiger partial charge in [-0.25, -0.2) is 4.98 Å². The molecule has 0 atom stereocenters. The van der Waals surface area contributed by atoms with Crippen molar-refractivity contribution in [2.24, 2.45) is 5.73 Å². The van der Waals surface area contributed by atoms with E-state index in [9.17, 15) is 0 Å². The molecule has 0 aliphatic heterocycles. The monoisotopic (exact) mass is 256 g/mol. The predicted molar refractivity (Wildman–Crippen MR) is 68.5 cm³/mol. The molecule has 1 aromatic carbocycles. The fraction of sp³-hybridized carbons (Fsp3) is 0.364. The lowest BCUT2D eigenvalue weighted by atomic mass is 9.90. The van der Waals surface area contributed by atoms with Crippen LogP contribution in [-0.4, -0.2) is 17.1 Å². The molecule has 3 nitrogen and oxygen atoms in total. The van der Waals surface area contributed by atoms with Gasteiger partial charge in [-0.15, -0.1) is 12.4 Å². The summed E-state index contributed by atoms with van der Waals surface area (Å²) >= 11 is 1.60. The van der Waals surface area contributed by atoms with Crippen LogP contribution in [0.1, 0.15) is 12.8 Å². The van der Waals surface area contributed by atoms with Crippen LogP contribution in [0.15, 0.2) is 24.3 Å². The molecule has 0 amide bonds. The number of fused-ring (bicyclic) bond motifs is 1. The van der Waals surface area contributed by atoms with Crippen LogP contribution in [0.3, 0.4) is 0 Å². The Kier molecular flexibility index (Phi) is 3.33. The normalized spacial score (nSPS) is 23.6. The molecule has 3 rings (SSSR count). The van der Waals surface area contributed by atoms with Gasteiger partial charge >= 0.3 is 0 Å². The highest BCUT2D eigenvalue weighted by Crippen LogP contribution is 2.31. The number of rotatable bonds is 2. The average molecular weight is 257 g/mol. The van der Waals surface area contributed by atoms with Gasteiger partial charge in [-0.05, 0) is 25.0 Å². The Morgan fingerprint density at radius 1 is 1.31 bits per heavy atom. The largest absolute Gasteiger partial charge is 0.467 e. The molecule has 1 aliphatic carbocycles. The van der Waals surface area contributed by atoms with Gasteiger partial charge in [0.05, 0.1) is 10.2 Å². The van der Waals surface area contributed by atoms with E-state index in [2.05, 4.69) is 11.1 Å². The highest BCUT2D eigenvalue weighted by atomic mass is 35.5. The minimum absolute atomic E-state index is 0. The van der Waals surface area contributed by atoms with Crippen LogP contribution in [0, 0.1) is 0 Å². The molecule has 1 fully saturated rings. The molecule has 16 heavy (non-hydrogen) atoms. The first-order valence-electron chi connectivity index (χ1n) is 5.09. The molecule has 0 saturated heterocycles. The lowest BCUT2D eigenvalue weighted by molar-refractivity contribution is 0.101. The van der Waals surface area contributed by atoms with Crippen LogP contribution in [0.4, 0.5) is 0 Å². The molecular formula is C11H13ClN2OS. The van der Waals surface area contributed by atoms with Crippen LogP contribution >= 0.6 is 23.7 Å². The van der Waals surface area contributed by atoms with Crippen molar-refractivity contribution in [2.45, 2.75) is 25.0 Å². The van der Waals surface area contributed by atoms with Crippen LogP contribution in [0.25, 0.3) is 10.2 Å². The summed E-state index contributed by atoms with van der Waals surface area (Å²) in [6, 6.07) is 8.40. The van der Waals surface area contributed by atoms with Gasteiger partial charge < -0.3 is 10.5 Å². The lowest BCUT2D eigenvalue weighted by Gasteiger charge is -2.31.